The number of pyridine rings is 1. The lowest BCUT2D eigenvalue weighted by molar-refractivity contribution is -0.129. The molecule has 5 heteroatoms. The van der Waals surface area contributed by atoms with Gasteiger partial charge in [0, 0.05) is 46.1 Å². The molecule has 2 heterocycles. The lowest BCUT2D eigenvalue weighted by Gasteiger charge is -2.22. The Morgan fingerprint density at radius 1 is 1.15 bits per heavy atom. The molecular weight excluding hydrogens is 252 g/mol. The number of carbonyl (C=O) groups is 1. The van der Waals surface area contributed by atoms with Crippen LogP contribution in [0.1, 0.15) is 12.0 Å². The maximum atomic E-state index is 11.8. The largest absolute Gasteiger partial charge is 0.348 e. The van der Waals surface area contributed by atoms with E-state index < -0.39 is 0 Å². The van der Waals surface area contributed by atoms with Gasteiger partial charge in [0.25, 0.3) is 0 Å². The molecule has 1 aromatic heterocycles. The van der Waals surface area contributed by atoms with Gasteiger partial charge in [0.15, 0.2) is 0 Å². The van der Waals surface area contributed by atoms with Crippen LogP contribution in [0.25, 0.3) is 0 Å². The maximum absolute atomic E-state index is 11.8. The summed E-state index contributed by atoms with van der Waals surface area (Å²) in [7, 11) is 3.63. The Bertz CT molecular complexity index is 421. The fourth-order valence-electron chi connectivity index (χ4n) is 2.42. The molecule has 1 fully saturated rings. The van der Waals surface area contributed by atoms with Crippen molar-refractivity contribution in [3.05, 3.63) is 30.1 Å². The van der Waals surface area contributed by atoms with E-state index in [1.165, 1.54) is 5.56 Å². The van der Waals surface area contributed by atoms with Crippen LogP contribution in [0, 0.1) is 0 Å². The average Bonchev–Trinajstić information content (AvgIpc) is 2.65. The van der Waals surface area contributed by atoms with Crippen LogP contribution >= 0.6 is 0 Å². The van der Waals surface area contributed by atoms with Crippen molar-refractivity contribution in [2.24, 2.45) is 0 Å². The Labute approximate surface area is 121 Å². The summed E-state index contributed by atoms with van der Waals surface area (Å²) in [6, 6.07) is 4.14. The second-order valence-corrected chi connectivity index (χ2v) is 5.55. The van der Waals surface area contributed by atoms with Gasteiger partial charge in [-0.3, -0.25) is 19.6 Å². The van der Waals surface area contributed by atoms with Gasteiger partial charge in [0.1, 0.15) is 0 Å². The third-order valence-electron chi connectivity index (χ3n) is 3.69. The molecule has 1 amide bonds. The zero-order valence-electron chi connectivity index (χ0n) is 12.5. The van der Waals surface area contributed by atoms with E-state index in [9.17, 15) is 4.79 Å². The number of hydrogen-bond donors (Lipinski definition) is 0. The van der Waals surface area contributed by atoms with Gasteiger partial charge in [0.2, 0.25) is 5.91 Å². The molecule has 0 unspecified atom stereocenters. The maximum Gasteiger partial charge on any atom is 0.236 e. The van der Waals surface area contributed by atoms with Gasteiger partial charge < -0.3 is 4.90 Å². The minimum atomic E-state index is 0.188. The van der Waals surface area contributed by atoms with E-state index in [1.54, 1.807) is 4.90 Å². The summed E-state index contributed by atoms with van der Waals surface area (Å²) in [5, 5.41) is 0. The number of nitrogens with zero attached hydrogens (tertiary/aromatic N) is 4. The molecule has 0 radical (unpaired) electrons. The summed E-state index contributed by atoms with van der Waals surface area (Å²) in [5.74, 6) is 0.188. The highest BCUT2D eigenvalue weighted by Crippen LogP contribution is 2.08. The van der Waals surface area contributed by atoms with Crippen molar-refractivity contribution in [1.82, 2.24) is 19.7 Å². The van der Waals surface area contributed by atoms with Gasteiger partial charge >= 0.3 is 0 Å². The number of aromatic nitrogens is 1. The van der Waals surface area contributed by atoms with Crippen LogP contribution < -0.4 is 0 Å². The van der Waals surface area contributed by atoms with Crippen molar-refractivity contribution in [3.63, 3.8) is 0 Å². The fraction of sp³-hybridized carbons (Fsp3) is 0.600. The number of carbonyl (C=O) groups excluding carboxylic acids is 1. The first-order valence-electron chi connectivity index (χ1n) is 7.19. The molecule has 0 aromatic carbocycles. The summed E-state index contributed by atoms with van der Waals surface area (Å²) in [4.78, 5) is 22.2. The second kappa shape index (κ2) is 7.36. The average molecular weight is 276 g/mol. The SMILES string of the molecule is CN(C)C(=O)CN1CCCN(Cc2ccncc2)CC1. The van der Waals surface area contributed by atoms with Crippen molar-refractivity contribution >= 4 is 5.91 Å². The van der Waals surface area contributed by atoms with Crippen LogP contribution in [-0.2, 0) is 11.3 Å². The van der Waals surface area contributed by atoms with Gasteiger partial charge in [-0.15, -0.1) is 0 Å². The van der Waals surface area contributed by atoms with Crippen molar-refractivity contribution in [1.29, 1.82) is 0 Å². The minimum Gasteiger partial charge on any atom is -0.348 e. The second-order valence-electron chi connectivity index (χ2n) is 5.55. The molecule has 0 bridgehead atoms. The van der Waals surface area contributed by atoms with Crippen molar-refractivity contribution in [3.8, 4) is 0 Å². The van der Waals surface area contributed by atoms with Crippen LogP contribution in [0.5, 0.6) is 0 Å². The van der Waals surface area contributed by atoms with Crippen LogP contribution in [0.15, 0.2) is 24.5 Å². The van der Waals surface area contributed by atoms with Crippen LogP contribution in [0.4, 0.5) is 0 Å². The lowest BCUT2D eigenvalue weighted by Crippen LogP contribution is -2.38. The monoisotopic (exact) mass is 276 g/mol. The molecule has 0 spiro atoms. The molecule has 2 rings (SSSR count). The van der Waals surface area contributed by atoms with Crippen molar-refractivity contribution in [2.45, 2.75) is 13.0 Å². The van der Waals surface area contributed by atoms with Crippen LogP contribution in [-0.4, -0.2) is 72.4 Å². The molecule has 1 aromatic rings. The fourth-order valence-corrected chi connectivity index (χ4v) is 2.42. The van der Waals surface area contributed by atoms with E-state index in [1.807, 2.05) is 26.5 Å². The first-order chi connectivity index (χ1) is 9.65. The molecule has 0 aliphatic carbocycles. The summed E-state index contributed by atoms with van der Waals surface area (Å²) < 4.78 is 0. The Balaban J connectivity index is 1.81. The van der Waals surface area contributed by atoms with E-state index >= 15 is 0 Å². The van der Waals surface area contributed by atoms with Gasteiger partial charge in [0.05, 0.1) is 6.54 Å². The Morgan fingerprint density at radius 3 is 2.50 bits per heavy atom. The number of hydrogen-bond acceptors (Lipinski definition) is 4. The molecule has 5 nitrogen and oxygen atoms in total. The minimum absolute atomic E-state index is 0.188. The highest BCUT2D eigenvalue weighted by molar-refractivity contribution is 5.77. The molecule has 1 saturated heterocycles. The summed E-state index contributed by atoms with van der Waals surface area (Å²) in [5.41, 5.74) is 1.30. The van der Waals surface area contributed by atoms with E-state index in [0.29, 0.717) is 6.54 Å². The van der Waals surface area contributed by atoms with Gasteiger partial charge in [-0.2, -0.15) is 0 Å². The highest BCUT2D eigenvalue weighted by atomic mass is 16.2. The zero-order chi connectivity index (χ0) is 14.4. The molecule has 0 saturated carbocycles. The smallest absolute Gasteiger partial charge is 0.236 e. The number of likely N-dealkylation sites (N-methyl/N-ethyl adjacent to an activating group) is 1. The topological polar surface area (TPSA) is 39.7 Å². The van der Waals surface area contributed by atoms with Crippen molar-refractivity contribution in [2.75, 3.05) is 46.8 Å². The molecule has 20 heavy (non-hydrogen) atoms. The van der Waals surface area contributed by atoms with Gasteiger partial charge in [-0.05, 0) is 37.2 Å². The van der Waals surface area contributed by atoms with Gasteiger partial charge in [-0.1, -0.05) is 0 Å². The van der Waals surface area contributed by atoms with Gasteiger partial charge in [-0.25, -0.2) is 0 Å². The Hall–Kier alpha value is -1.46. The molecule has 0 atom stereocenters. The zero-order valence-corrected chi connectivity index (χ0v) is 12.5. The van der Waals surface area contributed by atoms with E-state index in [-0.39, 0.29) is 5.91 Å². The molecule has 110 valence electrons. The van der Waals surface area contributed by atoms with E-state index in [2.05, 4.69) is 26.9 Å². The summed E-state index contributed by atoms with van der Waals surface area (Å²) in [6.45, 7) is 5.59. The molecule has 1 aliphatic heterocycles. The van der Waals surface area contributed by atoms with Crippen molar-refractivity contribution < 1.29 is 4.79 Å². The predicted octanol–water partition coefficient (Wildman–Crippen LogP) is 0.678. The lowest BCUT2D eigenvalue weighted by atomic mass is 10.2. The Kier molecular flexibility index (Phi) is 5.49. The normalized spacial score (nSPS) is 17.7. The van der Waals surface area contributed by atoms with E-state index in [0.717, 1.165) is 39.1 Å². The predicted molar refractivity (Wildman–Crippen MR) is 79.3 cm³/mol. The van der Waals surface area contributed by atoms with Crippen LogP contribution in [0.2, 0.25) is 0 Å². The summed E-state index contributed by atoms with van der Waals surface area (Å²) >= 11 is 0. The summed E-state index contributed by atoms with van der Waals surface area (Å²) in [6.07, 6.45) is 4.80. The Morgan fingerprint density at radius 2 is 1.80 bits per heavy atom. The van der Waals surface area contributed by atoms with E-state index in [4.69, 9.17) is 0 Å². The molecular formula is C15H24N4O. The molecule has 0 N–H and O–H groups in total. The first kappa shape index (κ1) is 14.9. The van der Waals surface area contributed by atoms with Crippen LogP contribution in [0.3, 0.4) is 0 Å². The number of rotatable bonds is 4. The first-order valence-corrected chi connectivity index (χ1v) is 7.19. The number of amides is 1. The molecule has 1 aliphatic rings. The third-order valence-corrected chi connectivity index (χ3v) is 3.69. The standard InChI is InChI=1S/C15H24N4O/c1-17(2)15(20)13-19-9-3-8-18(10-11-19)12-14-4-6-16-7-5-14/h4-7H,3,8-13H2,1-2H3. The third kappa shape index (κ3) is 4.58. The quantitative estimate of drug-likeness (QED) is 0.811. The highest BCUT2D eigenvalue weighted by Gasteiger charge is 2.17.